The minimum atomic E-state index is 0.454. The first-order chi connectivity index (χ1) is 7.24. The van der Waals surface area contributed by atoms with Gasteiger partial charge in [0.05, 0.1) is 0 Å². The Morgan fingerprint density at radius 3 is 2.20 bits per heavy atom. The lowest BCUT2D eigenvalue weighted by molar-refractivity contribution is 0.0768. The second-order valence-corrected chi connectivity index (χ2v) is 5.03. The van der Waals surface area contributed by atoms with Gasteiger partial charge in [-0.15, -0.1) is 0 Å². The Balaban J connectivity index is 1.68. The number of likely N-dealkylation sites (N-methyl/N-ethyl adjacent to an activating group) is 1. The molecule has 0 aromatic heterocycles. The van der Waals surface area contributed by atoms with E-state index in [1.807, 2.05) is 0 Å². The van der Waals surface area contributed by atoms with Crippen molar-refractivity contribution in [2.45, 2.75) is 37.8 Å². The fraction of sp³-hybridized carbons (Fsp3) is 1.00. The molecular formula is C11H24N4. The van der Waals surface area contributed by atoms with E-state index in [2.05, 4.69) is 22.4 Å². The first-order valence-electron chi connectivity index (χ1n) is 6.19. The Labute approximate surface area is 92.8 Å². The molecule has 0 radical (unpaired) electrons. The van der Waals surface area contributed by atoms with E-state index in [1.54, 1.807) is 0 Å². The van der Waals surface area contributed by atoms with Gasteiger partial charge in [0.2, 0.25) is 0 Å². The Morgan fingerprint density at radius 1 is 1.00 bits per heavy atom. The lowest BCUT2D eigenvalue weighted by Gasteiger charge is -2.37. The summed E-state index contributed by atoms with van der Waals surface area (Å²) < 4.78 is 0. The SMILES string of the molecule is CN1CCN(NC2CCC(N)CC2)CC1. The van der Waals surface area contributed by atoms with E-state index in [4.69, 9.17) is 5.73 Å². The summed E-state index contributed by atoms with van der Waals surface area (Å²) in [6.45, 7) is 4.66. The smallest absolute Gasteiger partial charge is 0.0259 e. The second-order valence-electron chi connectivity index (χ2n) is 5.03. The second kappa shape index (κ2) is 5.25. The fourth-order valence-corrected chi connectivity index (χ4v) is 2.44. The first-order valence-corrected chi connectivity index (χ1v) is 6.19. The van der Waals surface area contributed by atoms with Gasteiger partial charge in [0, 0.05) is 38.3 Å². The largest absolute Gasteiger partial charge is 0.328 e. The van der Waals surface area contributed by atoms with E-state index in [0.29, 0.717) is 12.1 Å². The van der Waals surface area contributed by atoms with Gasteiger partial charge in [-0.2, -0.15) is 0 Å². The van der Waals surface area contributed by atoms with E-state index >= 15 is 0 Å². The van der Waals surface area contributed by atoms with Crippen LogP contribution in [-0.4, -0.2) is 55.2 Å². The molecule has 0 bridgehead atoms. The molecule has 2 aliphatic rings. The van der Waals surface area contributed by atoms with Gasteiger partial charge >= 0.3 is 0 Å². The number of hydrazine groups is 1. The first kappa shape index (κ1) is 11.3. The number of hydrogen-bond donors (Lipinski definition) is 2. The van der Waals surface area contributed by atoms with Crippen LogP contribution in [0.15, 0.2) is 0 Å². The van der Waals surface area contributed by atoms with Crippen molar-refractivity contribution in [3.63, 3.8) is 0 Å². The molecule has 15 heavy (non-hydrogen) atoms. The molecule has 1 saturated heterocycles. The molecule has 0 aromatic carbocycles. The van der Waals surface area contributed by atoms with Crippen molar-refractivity contribution in [3.05, 3.63) is 0 Å². The van der Waals surface area contributed by atoms with Crippen LogP contribution in [0.4, 0.5) is 0 Å². The van der Waals surface area contributed by atoms with Crippen LogP contribution in [-0.2, 0) is 0 Å². The molecule has 0 amide bonds. The average molecular weight is 212 g/mol. The van der Waals surface area contributed by atoms with Crippen molar-refractivity contribution in [2.24, 2.45) is 5.73 Å². The molecule has 3 N–H and O–H groups in total. The summed E-state index contributed by atoms with van der Waals surface area (Å²) in [4.78, 5) is 2.38. The number of piperazine rings is 1. The Kier molecular flexibility index (Phi) is 3.97. The highest BCUT2D eigenvalue weighted by molar-refractivity contribution is 4.79. The zero-order valence-electron chi connectivity index (χ0n) is 9.78. The lowest BCUT2D eigenvalue weighted by atomic mass is 9.92. The summed E-state index contributed by atoms with van der Waals surface area (Å²) in [6, 6.07) is 1.13. The molecule has 0 spiro atoms. The molecular weight excluding hydrogens is 188 g/mol. The van der Waals surface area contributed by atoms with Crippen LogP contribution in [0.1, 0.15) is 25.7 Å². The minimum Gasteiger partial charge on any atom is -0.328 e. The van der Waals surface area contributed by atoms with Crippen molar-refractivity contribution in [3.8, 4) is 0 Å². The van der Waals surface area contributed by atoms with Crippen molar-refractivity contribution in [2.75, 3.05) is 33.2 Å². The lowest BCUT2D eigenvalue weighted by Crippen LogP contribution is -2.54. The minimum absolute atomic E-state index is 0.454. The van der Waals surface area contributed by atoms with E-state index in [1.165, 1.54) is 38.8 Å². The number of rotatable bonds is 2. The highest BCUT2D eigenvalue weighted by Crippen LogP contribution is 2.17. The van der Waals surface area contributed by atoms with Crippen LogP contribution in [0, 0.1) is 0 Å². The maximum Gasteiger partial charge on any atom is 0.0259 e. The molecule has 2 rings (SSSR count). The molecule has 4 nitrogen and oxygen atoms in total. The molecule has 0 unspecified atom stereocenters. The Morgan fingerprint density at radius 2 is 1.60 bits per heavy atom. The molecule has 0 aromatic rings. The topological polar surface area (TPSA) is 44.5 Å². The van der Waals surface area contributed by atoms with Crippen LogP contribution in [0.5, 0.6) is 0 Å². The van der Waals surface area contributed by atoms with E-state index in [0.717, 1.165) is 13.1 Å². The van der Waals surface area contributed by atoms with Crippen molar-refractivity contribution in [1.29, 1.82) is 0 Å². The van der Waals surface area contributed by atoms with Crippen molar-refractivity contribution in [1.82, 2.24) is 15.3 Å². The third kappa shape index (κ3) is 3.41. The van der Waals surface area contributed by atoms with Crippen LogP contribution in [0.25, 0.3) is 0 Å². The summed E-state index contributed by atoms with van der Waals surface area (Å²) in [5.74, 6) is 0. The maximum atomic E-state index is 5.90. The predicted molar refractivity (Wildman–Crippen MR) is 62.4 cm³/mol. The van der Waals surface area contributed by atoms with Gasteiger partial charge < -0.3 is 10.6 Å². The van der Waals surface area contributed by atoms with Gasteiger partial charge in [-0.25, -0.2) is 5.01 Å². The third-order valence-corrected chi connectivity index (χ3v) is 3.64. The molecule has 88 valence electrons. The van der Waals surface area contributed by atoms with Crippen LogP contribution >= 0.6 is 0 Å². The molecule has 4 heteroatoms. The third-order valence-electron chi connectivity index (χ3n) is 3.64. The van der Waals surface area contributed by atoms with Crippen molar-refractivity contribution >= 4 is 0 Å². The highest BCUT2D eigenvalue weighted by atomic mass is 15.5. The van der Waals surface area contributed by atoms with E-state index in [9.17, 15) is 0 Å². The van der Waals surface area contributed by atoms with Gasteiger partial charge in [0.15, 0.2) is 0 Å². The number of nitrogens with one attached hydrogen (secondary N) is 1. The zero-order valence-corrected chi connectivity index (χ0v) is 9.78. The van der Waals surface area contributed by atoms with Crippen LogP contribution in [0.3, 0.4) is 0 Å². The van der Waals surface area contributed by atoms with Gasteiger partial charge in [-0.05, 0) is 32.7 Å². The number of hydrogen-bond acceptors (Lipinski definition) is 4. The molecule has 1 aliphatic heterocycles. The Bertz CT molecular complexity index is 161. The monoisotopic (exact) mass is 212 g/mol. The van der Waals surface area contributed by atoms with Gasteiger partial charge in [0.25, 0.3) is 0 Å². The molecule has 0 atom stereocenters. The summed E-state index contributed by atoms with van der Waals surface area (Å²) in [5, 5.41) is 2.39. The summed E-state index contributed by atoms with van der Waals surface area (Å²) in [7, 11) is 2.19. The van der Waals surface area contributed by atoms with E-state index < -0.39 is 0 Å². The Hall–Kier alpha value is -0.160. The fourth-order valence-electron chi connectivity index (χ4n) is 2.44. The van der Waals surface area contributed by atoms with E-state index in [-0.39, 0.29) is 0 Å². The molecule has 1 saturated carbocycles. The number of nitrogens with two attached hydrogens (primary N) is 1. The zero-order chi connectivity index (χ0) is 10.7. The molecule has 2 fully saturated rings. The molecule has 1 heterocycles. The van der Waals surface area contributed by atoms with Crippen LogP contribution in [0.2, 0.25) is 0 Å². The summed E-state index contributed by atoms with van der Waals surface area (Å²) >= 11 is 0. The summed E-state index contributed by atoms with van der Waals surface area (Å²) in [5.41, 5.74) is 9.55. The highest BCUT2D eigenvalue weighted by Gasteiger charge is 2.21. The summed E-state index contributed by atoms with van der Waals surface area (Å²) in [6.07, 6.45) is 4.86. The number of nitrogens with zero attached hydrogens (tertiary/aromatic N) is 2. The quantitative estimate of drug-likeness (QED) is 0.677. The predicted octanol–water partition coefficient (Wildman–Crippen LogP) is 0.00830. The van der Waals surface area contributed by atoms with Crippen molar-refractivity contribution < 1.29 is 0 Å². The normalized spacial score (nSPS) is 35.6. The maximum absolute atomic E-state index is 5.90. The molecule has 1 aliphatic carbocycles. The van der Waals surface area contributed by atoms with Gasteiger partial charge in [-0.3, -0.25) is 5.43 Å². The van der Waals surface area contributed by atoms with Gasteiger partial charge in [-0.1, -0.05) is 0 Å². The van der Waals surface area contributed by atoms with Crippen LogP contribution < -0.4 is 11.2 Å². The van der Waals surface area contributed by atoms with Gasteiger partial charge in [0.1, 0.15) is 0 Å². The standard InChI is InChI=1S/C11H24N4/c1-14-6-8-15(9-7-14)13-11-4-2-10(12)3-5-11/h10-11,13H,2-9,12H2,1H3. The average Bonchev–Trinajstić information content (AvgIpc) is 2.25.